The third-order valence-corrected chi connectivity index (χ3v) is 9.73. The number of rotatable bonds is 7. The van der Waals surface area contributed by atoms with Crippen LogP contribution in [0.15, 0.2) is 40.6 Å². The first-order valence-electron chi connectivity index (χ1n) is 10.1. The van der Waals surface area contributed by atoms with Crippen molar-refractivity contribution in [3.05, 3.63) is 41.3 Å². The smallest absolute Gasteiger partial charge is 0.252 e. The number of thiophene rings is 1. The molecule has 10 heteroatoms. The molecule has 0 N–H and O–H groups in total. The Morgan fingerprint density at radius 2 is 2.06 bits per heavy atom. The van der Waals surface area contributed by atoms with Crippen molar-refractivity contribution < 1.29 is 17.9 Å². The SMILES string of the molecule is COCCN(C(=O)C1CCCN(S(=O)(=O)c2ccc(C)s2)C1)c1nc2ccccc2s1. The van der Waals surface area contributed by atoms with Gasteiger partial charge in [-0.2, -0.15) is 4.31 Å². The normalized spacial score (nSPS) is 17.8. The number of carbonyl (C=O) groups is 1. The molecule has 3 aromatic rings. The van der Waals surface area contributed by atoms with Gasteiger partial charge in [0, 0.05) is 25.1 Å². The number of piperidine rings is 1. The molecule has 3 heterocycles. The minimum absolute atomic E-state index is 0.0987. The van der Waals surface area contributed by atoms with Crippen LogP contribution in [0.5, 0.6) is 0 Å². The summed E-state index contributed by atoms with van der Waals surface area (Å²) in [5, 5.41) is 0.622. The molecule has 7 nitrogen and oxygen atoms in total. The lowest BCUT2D eigenvalue weighted by Crippen LogP contribution is -2.47. The summed E-state index contributed by atoms with van der Waals surface area (Å²) in [7, 11) is -2.00. The molecule has 1 aliphatic heterocycles. The first kappa shape index (κ1) is 22.3. The molecule has 1 fully saturated rings. The van der Waals surface area contributed by atoms with Crippen LogP contribution in [0.3, 0.4) is 0 Å². The molecule has 1 atom stereocenters. The summed E-state index contributed by atoms with van der Waals surface area (Å²) in [5.41, 5.74) is 0.846. The Balaban J connectivity index is 1.57. The Labute approximate surface area is 190 Å². The molecule has 0 radical (unpaired) electrons. The van der Waals surface area contributed by atoms with E-state index in [9.17, 15) is 13.2 Å². The van der Waals surface area contributed by atoms with Gasteiger partial charge in [0.2, 0.25) is 5.91 Å². The third-order valence-electron chi connectivity index (χ3n) is 5.34. The van der Waals surface area contributed by atoms with E-state index >= 15 is 0 Å². The third kappa shape index (κ3) is 4.68. The quantitative estimate of drug-likeness (QED) is 0.516. The average molecular weight is 480 g/mol. The zero-order chi connectivity index (χ0) is 22.0. The monoisotopic (exact) mass is 479 g/mol. The number of thiazole rings is 1. The van der Waals surface area contributed by atoms with Crippen LogP contribution in [0.25, 0.3) is 10.2 Å². The lowest BCUT2D eigenvalue weighted by molar-refractivity contribution is -0.123. The van der Waals surface area contributed by atoms with Gasteiger partial charge in [0.25, 0.3) is 10.0 Å². The van der Waals surface area contributed by atoms with Gasteiger partial charge in [-0.1, -0.05) is 23.5 Å². The summed E-state index contributed by atoms with van der Waals surface area (Å²) in [4.78, 5) is 20.8. The Hall–Kier alpha value is -1.85. The van der Waals surface area contributed by atoms with E-state index in [0.717, 1.165) is 15.1 Å². The average Bonchev–Trinajstić information content (AvgIpc) is 3.40. The number of hydrogen-bond donors (Lipinski definition) is 0. The van der Waals surface area contributed by atoms with Crippen LogP contribution in [-0.2, 0) is 19.6 Å². The van der Waals surface area contributed by atoms with Crippen LogP contribution >= 0.6 is 22.7 Å². The largest absolute Gasteiger partial charge is 0.383 e. The standard InChI is InChI=1S/C21H25N3O4S3/c1-15-9-10-19(29-15)31(26,27)23-11-5-6-16(14-23)20(25)24(12-13-28-2)21-22-17-7-3-4-8-18(17)30-21/h3-4,7-10,16H,5-6,11-14H2,1-2H3. The number of fused-ring (bicyclic) bond motifs is 1. The van der Waals surface area contributed by atoms with Crippen molar-refractivity contribution in [3.8, 4) is 0 Å². The second-order valence-corrected chi connectivity index (χ2v) is 12.0. The molecule has 4 rings (SSSR count). The summed E-state index contributed by atoms with van der Waals surface area (Å²) < 4.78 is 34.2. The highest BCUT2D eigenvalue weighted by Gasteiger charge is 2.36. The van der Waals surface area contributed by atoms with Gasteiger partial charge in [-0.3, -0.25) is 9.69 Å². The molecule has 2 aromatic heterocycles. The number of aromatic nitrogens is 1. The van der Waals surface area contributed by atoms with E-state index in [0.29, 0.717) is 41.9 Å². The first-order valence-corrected chi connectivity index (χ1v) is 13.2. The Bertz CT molecular complexity index is 1140. The number of nitrogens with zero attached hydrogens (tertiary/aromatic N) is 3. The zero-order valence-corrected chi connectivity index (χ0v) is 19.9. The Morgan fingerprint density at radius 3 is 2.77 bits per heavy atom. The van der Waals surface area contributed by atoms with Gasteiger partial charge >= 0.3 is 0 Å². The van der Waals surface area contributed by atoms with E-state index in [-0.39, 0.29) is 12.5 Å². The molecule has 1 unspecified atom stereocenters. The summed E-state index contributed by atoms with van der Waals surface area (Å²) in [5.74, 6) is -0.508. The molecule has 1 aromatic carbocycles. The lowest BCUT2D eigenvalue weighted by Gasteiger charge is -2.33. The minimum atomic E-state index is -3.59. The van der Waals surface area contributed by atoms with E-state index in [1.807, 2.05) is 37.3 Å². The lowest BCUT2D eigenvalue weighted by atomic mass is 9.98. The maximum atomic E-state index is 13.5. The highest BCUT2D eigenvalue weighted by atomic mass is 32.2. The van der Waals surface area contributed by atoms with Crippen molar-refractivity contribution >= 4 is 54.0 Å². The number of benzene rings is 1. The van der Waals surface area contributed by atoms with Gasteiger partial charge in [-0.05, 0) is 44.0 Å². The van der Waals surface area contributed by atoms with Crippen LogP contribution in [-0.4, -0.2) is 57.0 Å². The Kier molecular flexibility index (Phi) is 6.73. The van der Waals surface area contributed by atoms with Crippen LogP contribution < -0.4 is 4.90 Å². The highest BCUT2D eigenvalue weighted by Crippen LogP contribution is 2.32. The number of sulfonamides is 1. The van der Waals surface area contributed by atoms with Gasteiger partial charge in [0.1, 0.15) is 4.21 Å². The van der Waals surface area contributed by atoms with Crippen molar-refractivity contribution in [2.75, 3.05) is 38.3 Å². The molecule has 0 saturated carbocycles. The molecule has 1 amide bonds. The van der Waals surface area contributed by atoms with E-state index < -0.39 is 15.9 Å². The molecule has 1 aliphatic rings. The molecular formula is C21H25N3O4S3. The van der Waals surface area contributed by atoms with Crippen LogP contribution in [0.2, 0.25) is 0 Å². The number of anilines is 1. The van der Waals surface area contributed by atoms with Gasteiger partial charge in [0.15, 0.2) is 5.13 Å². The van der Waals surface area contributed by atoms with Gasteiger partial charge in [0.05, 0.1) is 29.3 Å². The maximum absolute atomic E-state index is 13.5. The molecule has 0 aliphatic carbocycles. The molecule has 166 valence electrons. The molecule has 0 spiro atoms. The summed E-state index contributed by atoms with van der Waals surface area (Å²) in [6.07, 6.45) is 1.31. The summed E-state index contributed by atoms with van der Waals surface area (Å²) in [6.45, 7) is 3.26. The fraction of sp³-hybridized carbons (Fsp3) is 0.429. The number of ether oxygens (including phenoxy) is 1. The second-order valence-electron chi connectivity index (χ2n) is 7.51. The van der Waals surface area contributed by atoms with Crippen molar-refractivity contribution in [2.24, 2.45) is 5.92 Å². The number of amides is 1. The van der Waals surface area contributed by atoms with Crippen molar-refractivity contribution in [1.82, 2.24) is 9.29 Å². The Morgan fingerprint density at radius 1 is 1.26 bits per heavy atom. The number of aryl methyl sites for hydroxylation is 1. The van der Waals surface area contributed by atoms with E-state index in [4.69, 9.17) is 4.74 Å². The van der Waals surface area contributed by atoms with Crippen LogP contribution in [0, 0.1) is 12.8 Å². The second kappa shape index (κ2) is 9.33. The van der Waals surface area contributed by atoms with Crippen molar-refractivity contribution in [3.63, 3.8) is 0 Å². The molecule has 1 saturated heterocycles. The van der Waals surface area contributed by atoms with Crippen molar-refractivity contribution in [2.45, 2.75) is 24.0 Å². The summed E-state index contributed by atoms with van der Waals surface area (Å²) >= 11 is 2.73. The van der Waals surface area contributed by atoms with E-state index in [1.54, 1.807) is 18.1 Å². The predicted molar refractivity (Wildman–Crippen MR) is 124 cm³/mol. The highest BCUT2D eigenvalue weighted by molar-refractivity contribution is 7.91. The van der Waals surface area contributed by atoms with Gasteiger partial charge < -0.3 is 4.74 Å². The molecule has 0 bridgehead atoms. The van der Waals surface area contributed by atoms with Crippen LogP contribution in [0.4, 0.5) is 5.13 Å². The molecular weight excluding hydrogens is 454 g/mol. The van der Waals surface area contributed by atoms with Gasteiger partial charge in [-0.25, -0.2) is 13.4 Å². The number of methoxy groups -OCH3 is 1. The zero-order valence-electron chi connectivity index (χ0n) is 17.5. The van der Waals surface area contributed by atoms with Gasteiger partial charge in [-0.15, -0.1) is 11.3 Å². The van der Waals surface area contributed by atoms with Crippen LogP contribution in [0.1, 0.15) is 17.7 Å². The van der Waals surface area contributed by atoms with E-state index in [2.05, 4.69) is 4.98 Å². The summed E-state index contributed by atoms with van der Waals surface area (Å²) in [6, 6.07) is 11.2. The fourth-order valence-corrected chi connectivity index (χ4v) is 7.68. The first-order chi connectivity index (χ1) is 14.9. The minimum Gasteiger partial charge on any atom is -0.383 e. The van der Waals surface area contributed by atoms with Crippen molar-refractivity contribution in [1.29, 1.82) is 0 Å². The topological polar surface area (TPSA) is 79.8 Å². The number of carbonyl (C=O) groups excluding carboxylic acids is 1. The maximum Gasteiger partial charge on any atom is 0.252 e. The molecule has 31 heavy (non-hydrogen) atoms. The number of para-hydroxylation sites is 1. The number of hydrogen-bond acceptors (Lipinski definition) is 7. The van der Waals surface area contributed by atoms with E-state index in [1.165, 1.54) is 27.0 Å². The predicted octanol–water partition coefficient (Wildman–Crippen LogP) is 3.75. The fourth-order valence-electron chi connectivity index (χ4n) is 3.72.